The number of benzene rings is 1. The molecule has 3 rings (SSSR count). The number of aryl methyl sites for hydroxylation is 2. The van der Waals surface area contributed by atoms with Crippen molar-refractivity contribution in [3.8, 4) is 0 Å². The van der Waals surface area contributed by atoms with Gasteiger partial charge in [0.05, 0.1) is 12.7 Å². The van der Waals surface area contributed by atoms with Crippen LogP contribution in [-0.4, -0.2) is 36.5 Å². The summed E-state index contributed by atoms with van der Waals surface area (Å²) in [5.41, 5.74) is 2.81. The van der Waals surface area contributed by atoms with Crippen LogP contribution in [0.3, 0.4) is 0 Å². The molecule has 130 valence electrons. The molecule has 0 aliphatic rings. The minimum absolute atomic E-state index is 0.0827. The van der Waals surface area contributed by atoms with Gasteiger partial charge < -0.3 is 15.0 Å². The normalized spacial score (nSPS) is 10.9. The fourth-order valence-corrected chi connectivity index (χ4v) is 2.79. The molecule has 0 aliphatic carbocycles. The molecule has 0 saturated heterocycles. The Labute approximate surface area is 144 Å². The van der Waals surface area contributed by atoms with Gasteiger partial charge in [0.15, 0.2) is 0 Å². The third kappa shape index (κ3) is 4.03. The highest BCUT2D eigenvalue weighted by molar-refractivity contribution is 5.84. The Morgan fingerprint density at radius 2 is 2.04 bits per heavy atom. The van der Waals surface area contributed by atoms with E-state index in [1.54, 1.807) is 0 Å². The predicted molar refractivity (Wildman–Crippen MR) is 90.7 cm³/mol. The van der Waals surface area contributed by atoms with E-state index in [0.29, 0.717) is 18.5 Å². The van der Waals surface area contributed by atoms with Crippen LogP contribution in [0, 0.1) is 0 Å². The first kappa shape index (κ1) is 16.7. The molecule has 2 aromatic heterocycles. The van der Waals surface area contributed by atoms with Crippen molar-refractivity contribution in [1.29, 1.82) is 0 Å². The molecule has 0 aliphatic heterocycles. The number of hydrogen-bond donors (Lipinski definition) is 2. The molecule has 0 atom stereocenters. The third-order valence-corrected chi connectivity index (χ3v) is 3.95. The lowest BCUT2D eigenvalue weighted by molar-refractivity contribution is -0.138. The first-order valence-electron chi connectivity index (χ1n) is 7.93. The quantitative estimate of drug-likeness (QED) is 0.670. The van der Waals surface area contributed by atoms with Crippen molar-refractivity contribution in [3.05, 3.63) is 47.9 Å². The molecular weight excluding hydrogens is 322 g/mol. The Hall–Kier alpha value is -3.16. The van der Waals surface area contributed by atoms with Gasteiger partial charge in [0.1, 0.15) is 12.2 Å². The number of nitrogens with one attached hydrogen (secondary N) is 1. The molecular formula is C17H19N5O3. The van der Waals surface area contributed by atoms with Gasteiger partial charge in [-0.2, -0.15) is 0 Å². The largest absolute Gasteiger partial charge is 0.480 e. The molecule has 8 heteroatoms. The third-order valence-electron chi connectivity index (χ3n) is 3.95. The number of para-hydroxylation sites is 1. The smallest absolute Gasteiger partial charge is 0.325 e. The molecule has 1 aromatic carbocycles. The van der Waals surface area contributed by atoms with E-state index in [4.69, 9.17) is 5.11 Å². The standard InChI is InChI=1S/C17H19N5O3/c1-21-9-12(14-4-2-3-5-15(14)21)6-7-16(23)18-8-13-10-22(20-19-13)11-17(24)25/h2-5,9-10H,6-8,11H2,1H3,(H,18,23)(H,24,25). The number of carboxylic acids is 1. The zero-order chi connectivity index (χ0) is 17.8. The Morgan fingerprint density at radius 1 is 1.24 bits per heavy atom. The average molecular weight is 341 g/mol. The Bertz CT molecular complexity index is 912. The molecule has 0 radical (unpaired) electrons. The zero-order valence-corrected chi connectivity index (χ0v) is 13.8. The maximum Gasteiger partial charge on any atom is 0.325 e. The highest BCUT2D eigenvalue weighted by Crippen LogP contribution is 2.21. The number of hydrogen-bond acceptors (Lipinski definition) is 4. The van der Waals surface area contributed by atoms with Crippen molar-refractivity contribution >= 4 is 22.8 Å². The van der Waals surface area contributed by atoms with Crippen LogP contribution in [0.25, 0.3) is 10.9 Å². The van der Waals surface area contributed by atoms with E-state index < -0.39 is 5.97 Å². The number of amides is 1. The van der Waals surface area contributed by atoms with Gasteiger partial charge >= 0.3 is 5.97 Å². The molecule has 0 fully saturated rings. The summed E-state index contributed by atoms with van der Waals surface area (Å²) in [6.45, 7) is -0.0178. The lowest BCUT2D eigenvalue weighted by atomic mass is 10.1. The Morgan fingerprint density at radius 3 is 2.84 bits per heavy atom. The van der Waals surface area contributed by atoms with Crippen molar-refractivity contribution in [2.75, 3.05) is 0 Å². The van der Waals surface area contributed by atoms with Crippen molar-refractivity contribution in [1.82, 2.24) is 24.9 Å². The van der Waals surface area contributed by atoms with Crippen LogP contribution in [-0.2, 0) is 36.1 Å². The molecule has 2 heterocycles. The average Bonchev–Trinajstić information content (AvgIpc) is 3.15. The lowest BCUT2D eigenvalue weighted by Crippen LogP contribution is -2.23. The zero-order valence-electron chi connectivity index (χ0n) is 13.8. The Balaban J connectivity index is 1.52. The van der Waals surface area contributed by atoms with Gasteiger partial charge in [-0.15, -0.1) is 5.10 Å². The van der Waals surface area contributed by atoms with Crippen LogP contribution in [0.15, 0.2) is 36.7 Å². The van der Waals surface area contributed by atoms with E-state index in [1.165, 1.54) is 10.9 Å². The van der Waals surface area contributed by atoms with E-state index in [-0.39, 0.29) is 19.0 Å². The van der Waals surface area contributed by atoms with Crippen LogP contribution in [0.1, 0.15) is 17.7 Å². The van der Waals surface area contributed by atoms with Gasteiger partial charge in [-0.25, -0.2) is 4.68 Å². The summed E-state index contributed by atoms with van der Waals surface area (Å²) in [4.78, 5) is 22.6. The summed E-state index contributed by atoms with van der Waals surface area (Å²) in [6.07, 6.45) is 4.59. The number of carboxylic acid groups (broad SMARTS) is 1. The number of aliphatic carboxylic acids is 1. The van der Waals surface area contributed by atoms with Gasteiger partial charge in [0.2, 0.25) is 5.91 Å². The number of nitrogens with zero attached hydrogens (tertiary/aromatic N) is 4. The summed E-state index contributed by atoms with van der Waals surface area (Å²) in [5, 5.41) is 20.2. The number of carbonyl (C=O) groups excluding carboxylic acids is 1. The van der Waals surface area contributed by atoms with Gasteiger partial charge in [-0.05, 0) is 18.1 Å². The maximum atomic E-state index is 12.1. The summed E-state index contributed by atoms with van der Waals surface area (Å²) >= 11 is 0. The van der Waals surface area contributed by atoms with E-state index in [2.05, 4.69) is 38.5 Å². The highest BCUT2D eigenvalue weighted by atomic mass is 16.4. The molecule has 0 spiro atoms. The molecule has 25 heavy (non-hydrogen) atoms. The first-order valence-corrected chi connectivity index (χ1v) is 7.93. The topological polar surface area (TPSA) is 102 Å². The fraction of sp³-hybridized carbons (Fsp3) is 0.294. The second kappa shape index (κ2) is 7.16. The van der Waals surface area contributed by atoms with Gasteiger partial charge in [-0.3, -0.25) is 9.59 Å². The van der Waals surface area contributed by atoms with Crippen molar-refractivity contribution < 1.29 is 14.7 Å². The molecule has 0 saturated carbocycles. The van der Waals surface area contributed by atoms with Gasteiger partial charge in [-0.1, -0.05) is 23.4 Å². The Kier molecular flexibility index (Phi) is 4.78. The van der Waals surface area contributed by atoms with Crippen LogP contribution in [0.4, 0.5) is 0 Å². The summed E-state index contributed by atoms with van der Waals surface area (Å²) in [7, 11) is 1.99. The lowest BCUT2D eigenvalue weighted by Gasteiger charge is -2.02. The monoisotopic (exact) mass is 341 g/mol. The van der Waals surface area contributed by atoms with E-state index in [0.717, 1.165) is 16.5 Å². The number of carbonyl (C=O) groups is 2. The van der Waals surface area contributed by atoms with E-state index in [9.17, 15) is 9.59 Å². The molecule has 0 unspecified atom stereocenters. The molecule has 2 N–H and O–H groups in total. The number of fused-ring (bicyclic) bond motifs is 1. The van der Waals surface area contributed by atoms with Crippen molar-refractivity contribution in [2.45, 2.75) is 25.9 Å². The van der Waals surface area contributed by atoms with Crippen molar-refractivity contribution in [2.24, 2.45) is 7.05 Å². The number of rotatable bonds is 7. The predicted octanol–water partition coefficient (Wildman–Crippen LogP) is 1.10. The number of aromatic nitrogens is 4. The second-order valence-electron chi connectivity index (χ2n) is 5.86. The molecule has 3 aromatic rings. The van der Waals surface area contributed by atoms with Crippen LogP contribution < -0.4 is 5.32 Å². The van der Waals surface area contributed by atoms with Crippen molar-refractivity contribution in [3.63, 3.8) is 0 Å². The second-order valence-corrected chi connectivity index (χ2v) is 5.86. The molecule has 1 amide bonds. The van der Waals surface area contributed by atoms with Crippen LogP contribution in [0.5, 0.6) is 0 Å². The minimum atomic E-state index is -0.990. The van der Waals surface area contributed by atoms with E-state index in [1.807, 2.05) is 19.2 Å². The summed E-state index contributed by atoms with van der Waals surface area (Å²) < 4.78 is 3.28. The fourth-order valence-electron chi connectivity index (χ4n) is 2.79. The molecule has 8 nitrogen and oxygen atoms in total. The molecule has 0 bridgehead atoms. The minimum Gasteiger partial charge on any atom is -0.480 e. The van der Waals surface area contributed by atoms with Gasteiger partial charge in [0, 0.05) is 30.6 Å². The van der Waals surface area contributed by atoms with Gasteiger partial charge in [0.25, 0.3) is 0 Å². The summed E-state index contributed by atoms with van der Waals surface area (Å²) in [6, 6.07) is 8.10. The first-order chi connectivity index (χ1) is 12.0. The van der Waals surface area contributed by atoms with E-state index >= 15 is 0 Å². The van der Waals surface area contributed by atoms with Crippen LogP contribution >= 0.6 is 0 Å². The maximum absolute atomic E-state index is 12.1. The highest BCUT2D eigenvalue weighted by Gasteiger charge is 2.10. The SMILES string of the molecule is Cn1cc(CCC(=O)NCc2cn(CC(=O)O)nn2)c2ccccc21. The summed E-state index contributed by atoms with van der Waals surface area (Å²) in [5.74, 6) is -1.07. The van der Waals surface area contributed by atoms with Crippen LogP contribution in [0.2, 0.25) is 0 Å².